The molecule has 19 heavy (non-hydrogen) atoms. The maximum absolute atomic E-state index is 11.2. The molecule has 0 saturated carbocycles. The van der Waals surface area contributed by atoms with E-state index in [0.29, 0.717) is 5.69 Å². The van der Waals surface area contributed by atoms with Crippen molar-refractivity contribution in [2.24, 2.45) is 0 Å². The summed E-state index contributed by atoms with van der Waals surface area (Å²) >= 11 is 0. The first-order valence-corrected chi connectivity index (χ1v) is 6.49. The number of aldehydes is 1. The number of benzene rings is 1. The molecule has 0 atom stereocenters. The van der Waals surface area contributed by atoms with Crippen molar-refractivity contribution in [1.29, 1.82) is 0 Å². The number of rotatable bonds is 2. The Bertz CT molecular complexity index is 613. The third-order valence-corrected chi connectivity index (χ3v) is 3.65. The molecule has 1 aliphatic heterocycles. The van der Waals surface area contributed by atoms with Crippen LogP contribution in [0.2, 0.25) is 0 Å². The highest BCUT2D eigenvalue weighted by molar-refractivity contribution is 5.76. The number of aryl methyl sites for hydroxylation is 1. The molecule has 1 aromatic carbocycles. The van der Waals surface area contributed by atoms with E-state index in [1.54, 1.807) is 0 Å². The second-order valence-corrected chi connectivity index (χ2v) is 5.14. The van der Waals surface area contributed by atoms with Crippen LogP contribution < -0.4 is 0 Å². The van der Waals surface area contributed by atoms with Crippen LogP contribution in [0.25, 0.3) is 11.4 Å². The van der Waals surface area contributed by atoms with Gasteiger partial charge in [-0.05, 0) is 14.0 Å². The molecule has 1 aliphatic rings. The molecule has 2 heterocycles. The zero-order chi connectivity index (χ0) is 13.4. The van der Waals surface area contributed by atoms with Crippen LogP contribution in [0.1, 0.15) is 21.7 Å². The third-order valence-electron chi connectivity index (χ3n) is 3.65. The Labute approximate surface area is 112 Å². The summed E-state index contributed by atoms with van der Waals surface area (Å²) in [5.74, 6) is 0.908. The van der Waals surface area contributed by atoms with Gasteiger partial charge in [-0.3, -0.25) is 9.69 Å². The number of hydrogen-bond donors (Lipinski definition) is 0. The number of imidazole rings is 1. The summed E-state index contributed by atoms with van der Waals surface area (Å²) in [6, 6.07) is 8.29. The van der Waals surface area contributed by atoms with Crippen LogP contribution in [0.4, 0.5) is 0 Å². The smallest absolute Gasteiger partial charge is 0.170 e. The van der Waals surface area contributed by atoms with Crippen molar-refractivity contribution in [3.05, 3.63) is 41.2 Å². The maximum atomic E-state index is 11.2. The number of fused-ring (bicyclic) bond motifs is 1. The van der Waals surface area contributed by atoms with Crippen LogP contribution in [-0.2, 0) is 13.1 Å². The molecule has 4 heteroatoms. The van der Waals surface area contributed by atoms with Gasteiger partial charge in [0.2, 0.25) is 0 Å². The van der Waals surface area contributed by atoms with Gasteiger partial charge in [-0.1, -0.05) is 29.8 Å². The van der Waals surface area contributed by atoms with Crippen LogP contribution in [0, 0.1) is 6.92 Å². The number of carbonyl (C=O) groups excluding carboxylic acids is 1. The molecule has 2 aromatic rings. The van der Waals surface area contributed by atoms with Crippen LogP contribution in [0.5, 0.6) is 0 Å². The van der Waals surface area contributed by atoms with Crippen molar-refractivity contribution >= 4 is 6.29 Å². The maximum Gasteiger partial charge on any atom is 0.170 e. The highest BCUT2D eigenvalue weighted by Crippen LogP contribution is 2.25. The van der Waals surface area contributed by atoms with Gasteiger partial charge < -0.3 is 4.57 Å². The number of aromatic nitrogens is 2. The summed E-state index contributed by atoms with van der Waals surface area (Å²) in [6.07, 6.45) is 0.864. The topological polar surface area (TPSA) is 38.1 Å². The van der Waals surface area contributed by atoms with Gasteiger partial charge >= 0.3 is 0 Å². The Morgan fingerprint density at radius 3 is 2.63 bits per heavy atom. The van der Waals surface area contributed by atoms with Gasteiger partial charge in [-0.25, -0.2) is 4.98 Å². The standard InChI is InChI=1S/C15H17N3O/c1-11-3-5-12(6-4-11)15-16-13(10-19)14-9-17(2)7-8-18(14)15/h3-6,10H,7-9H2,1-2H3. The quantitative estimate of drug-likeness (QED) is 0.771. The van der Waals surface area contributed by atoms with Crippen LogP contribution in [-0.4, -0.2) is 34.3 Å². The zero-order valence-electron chi connectivity index (χ0n) is 11.3. The van der Waals surface area contributed by atoms with Gasteiger partial charge in [-0.15, -0.1) is 0 Å². The average molecular weight is 255 g/mol. The Hall–Kier alpha value is -1.94. The monoisotopic (exact) mass is 255 g/mol. The Morgan fingerprint density at radius 2 is 1.95 bits per heavy atom. The SMILES string of the molecule is Cc1ccc(-c2nc(C=O)c3n2CCN(C)C3)cc1. The molecule has 3 rings (SSSR count). The number of carbonyl (C=O) groups is 1. The highest BCUT2D eigenvalue weighted by atomic mass is 16.1. The van der Waals surface area contributed by atoms with E-state index in [-0.39, 0.29) is 0 Å². The van der Waals surface area contributed by atoms with Crippen LogP contribution in [0.3, 0.4) is 0 Å². The molecule has 0 unspecified atom stereocenters. The van der Waals surface area contributed by atoms with Crippen molar-refractivity contribution in [1.82, 2.24) is 14.5 Å². The van der Waals surface area contributed by atoms with E-state index >= 15 is 0 Å². The first-order valence-electron chi connectivity index (χ1n) is 6.49. The van der Waals surface area contributed by atoms with E-state index in [0.717, 1.165) is 43.0 Å². The summed E-state index contributed by atoms with van der Waals surface area (Å²) < 4.78 is 2.17. The van der Waals surface area contributed by atoms with E-state index in [1.807, 2.05) is 0 Å². The lowest BCUT2D eigenvalue weighted by molar-refractivity contribution is 0.111. The molecular formula is C15H17N3O. The van der Waals surface area contributed by atoms with Crippen LogP contribution >= 0.6 is 0 Å². The number of hydrogen-bond acceptors (Lipinski definition) is 3. The van der Waals surface area contributed by atoms with E-state index in [1.165, 1.54) is 5.56 Å². The summed E-state index contributed by atoms with van der Waals surface area (Å²) in [7, 11) is 2.07. The molecule has 0 saturated heterocycles. The summed E-state index contributed by atoms with van der Waals surface area (Å²) in [4.78, 5) is 17.9. The van der Waals surface area contributed by atoms with Crippen LogP contribution in [0.15, 0.2) is 24.3 Å². The summed E-state index contributed by atoms with van der Waals surface area (Å²) in [6.45, 7) is 4.72. The lowest BCUT2D eigenvalue weighted by Crippen LogP contribution is -2.30. The van der Waals surface area contributed by atoms with E-state index in [2.05, 4.69) is 52.7 Å². The highest BCUT2D eigenvalue weighted by Gasteiger charge is 2.22. The van der Waals surface area contributed by atoms with E-state index in [9.17, 15) is 4.79 Å². The average Bonchev–Trinajstić information content (AvgIpc) is 2.77. The molecule has 0 aliphatic carbocycles. The fraction of sp³-hybridized carbons (Fsp3) is 0.333. The minimum Gasteiger partial charge on any atom is -0.325 e. The second kappa shape index (κ2) is 4.63. The van der Waals surface area contributed by atoms with Gasteiger partial charge in [-0.2, -0.15) is 0 Å². The summed E-state index contributed by atoms with van der Waals surface area (Å²) in [5.41, 5.74) is 3.90. The molecule has 98 valence electrons. The number of likely N-dealkylation sites (N-methyl/N-ethyl adjacent to an activating group) is 1. The number of nitrogens with zero attached hydrogens (tertiary/aromatic N) is 3. The Kier molecular flexibility index (Phi) is 2.95. The molecule has 4 nitrogen and oxygen atoms in total. The normalized spacial score (nSPS) is 15.3. The van der Waals surface area contributed by atoms with Gasteiger partial charge in [0.05, 0.1) is 5.69 Å². The van der Waals surface area contributed by atoms with Crippen molar-refractivity contribution in [3.63, 3.8) is 0 Å². The van der Waals surface area contributed by atoms with Gasteiger partial charge in [0.25, 0.3) is 0 Å². The summed E-state index contributed by atoms with van der Waals surface area (Å²) in [5, 5.41) is 0. The van der Waals surface area contributed by atoms with E-state index < -0.39 is 0 Å². The molecule has 1 aromatic heterocycles. The van der Waals surface area contributed by atoms with Gasteiger partial charge in [0.15, 0.2) is 6.29 Å². The first-order chi connectivity index (χ1) is 9.19. The first kappa shape index (κ1) is 12.1. The minimum absolute atomic E-state index is 0.571. The molecule has 0 spiro atoms. The van der Waals surface area contributed by atoms with Crippen molar-refractivity contribution in [3.8, 4) is 11.4 Å². The predicted molar refractivity (Wildman–Crippen MR) is 74.1 cm³/mol. The molecule has 0 fully saturated rings. The molecule has 0 bridgehead atoms. The van der Waals surface area contributed by atoms with Gasteiger partial charge in [0.1, 0.15) is 11.5 Å². The molecule has 0 amide bonds. The van der Waals surface area contributed by atoms with E-state index in [4.69, 9.17) is 0 Å². The fourth-order valence-electron chi connectivity index (χ4n) is 2.54. The molecular weight excluding hydrogens is 238 g/mol. The van der Waals surface area contributed by atoms with Crippen molar-refractivity contribution in [2.75, 3.05) is 13.6 Å². The Morgan fingerprint density at radius 1 is 1.21 bits per heavy atom. The Balaban J connectivity index is 2.12. The molecule has 0 radical (unpaired) electrons. The van der Waals surface area contributed by atoms with Gasteiger partial charge in [0, 0.05) is 25.2 Å². The predicted octanol–water partition coefficient (Wildman–Crippen LogP) is 2.12. The van der Waals surface area contributed by atoms with Crippen molar-refractivity contribution in [2.45, 2.75) is 20.0 Å². The second-order valence-electron chi connectivity index (χ2n) is 5.14. The molecule has 0 N–H and O–H groups in total. The zero-order valence-corrected chi connectivity index (χ0v) is 11.3. The lowest BCUT2D eigenvalue weighted by Gasteiger charge is -2.25. The van der Waals surface area contributed by atoms with Crippen molar-refractivity contribution < 1.29 is 4.79 Å². The lowest BCUT2D eigenvalue weighted by atomic mass is 10.1. The minimum atomic E-state index is 0.571. The largest absolute Gasteiger partial charge is 0.325 e. The fourth-order valence-corrected chi connectivity index (χ4v) is 2.54. The third kappa shape index (κ3) is 2.08.